The van der Waals surface area contributed by atoms with E-state index in [-0.39, 0.29) is 16.6 Å². The van der Waals surface area contributed by atoms with Crippen LogP contribution in [0.3, 0.4) is 0 Å². The van der Waals surface area contributed by atoms with E-state index in [0.717, 1.165) is 18.8 Å². The number of piperazine rings is 1. The molecule has 1 aliphatic rings. The normalized spacial score (nSPS) is 14.4. The maximum absolute atomic E-state index is 13.3. The van der Waals surface area contributed by atoms with Crippen LogP contribution in [0.15, 0.2) is 77.7 Å². The number of nitrogens with zero attached hydrogens (tertiary/aromatic N) is 2. The lowest BCUT2D eigenvalue weighted by Gasteiger charge is -2.36. The molecule has 1 heterocycles. The van der Waals surface area contributed by atoms with E-state index in [1.54, 1.807) is 24.0 Å². The zero-order valence-corrected chi connectivity index (χ0v) is 18.7. The van der Waals surface area contributed by atoms with Crippen molar-refractivity contribution in [2.24, 2.45) is 0 Å². The van der Waals surface area contributed by atoms with Gasteiger partial charge >= 0.3 is 0 Å². The summed E-state index contributed by atoms with van der Waals surface area (Å²) in [5.74, 6) is -0.816. The number of aryl methyl sites for hydroxylation is 1. The lowest BCUT2D eigenvalue weighted by Crippen LogP contribution is -2.48. The molecular formula is C25H25FN2O3S. The van der Waals surface area contributed by atoms with E-state index in [1.807, 2.05) is 18.2 Å². The molecule has 7 heteroatoms. The third-order valence-electron chi connectivity index (χ3n) is 5.78. The average Bonchev–Trinajstić information content (AvgIpc) is 2.81. The van der Waals surface area contributed by atoms with E-state index in [2.05, 4.69) is 17.0 Å². The zero-order chi connectivity index (χ0) is 22.7. The number of sulfone groups is 1. The molecule has 0 radical (unpaired) electrons. The van der Waals surface area contributed by atoms with E-state index in [0.29, 0.717) is 29.8 Å². The van der Waals surface area contributed by atoms with Gasteiger partial charge in [-0.3, -0.25) is 4.79 Å². The van der Waals surface area contributed by atoms with Gasteiger partial charge < -0.3 is 9.80 Å². The topological polar surface area (TPSA) is 57.7 Å². The summed E-state index contributed by atoms with van der Waals surface area (Å²) in [5, 5.41) is 0. The summed E-state index contributed by atoms with van der Waals surface area (Å²) in [7, 11) is -3.68. The lowest BCUT2D eigenvalue weighted by molar-refractivity contribution is 0.0746. The predicted molar refractivity (Wildman–Crippen MR) is 123 cm³/mol. The van der Waals surface area contributed by atoms with Gasteiger partial charge in [0.1, 0.15) is 5.82 Å². The highest BCUT2D eigenvalue weighted by Crippen LogP contribution is 2.22. The first-order valence-electron chi connectivity index (χ1n) is 10.5. The molecule has 3 aromatic rings. The van der Waals surface area contributed by atoms with Crippen LogP contribution in [0.2, 0.25) is 0 Å². The highest BCUT2D eigenvalue weighted by molar-refractivity contribution is 7.90. The monoisotopic (exact) mass is 452 g/mol. The molecule has 0 bridgehead atoms. The van der Waals surface area contributed by atoms with Gasteiger partial charge in [0.25, 0.3) is 5.91 Å². The van der Waals surface area contributed by atoms with Crippen molar-refractivity contribution in [1.82, 2.24) is 4.90 Å². The molecule has 32 heavy (non-hydrogen) atoms. The Kier molecular flexibility index (Phi) is 6.28. The summed E-state index contributed by atoms with van der Waals surface area (Å²) in [4.78, 5) is 17.1. The van der Waals surface area contributed by atoms with Crippen molar-refractivity contribution < 1.29 is 17.6 Å². The Balaban J connectivity index is 1.47. The second-order valence-corrected chi connectivity index (χ2v) is 9.96. The minimum absolute atomic E-state index is 0.0926. The Bertz CT molecular complexity index is 1220. The van der Waals surface area contributed by atoms with Crippen molar-refractivity contribution in [2.75, 3.05) is 31.1 Å². The molecule has 0 N–H and O–H groups in total. The van der Waals surface area contributed by atoms with Crippen molar-refractivity contribution >= 4 is 21.4 Å². The van der Waals surface area contributed by atoms with Crippen LogP contribution >= 0.6 is 0 Å². The van der Waals surface area contributed by atoms with Crippen molar-refractivity contribution in [3.8, 4) is 0 Å². The second kappa shape index (κ2) is 9.12. The molecule has 3 aromatic carbocycles. The third kappa shape index (κ3) is 4.83. The SMILES string of the molecule is Cc1cc(F)ccc1CS(=O)(=O)c1cccc(C(=O)N2CCN(c3ccccc3)CC2)c1. The number of carbonyl (C=O) groups excluding carboxylic acids is 1. The fraction of sp³-hybridized carbons (Fsp3) is 0.240. The summed E-state index contributed by atoms with van der Waals surface area (Å²) in [5.41, 5.74) is 2.61. The molecule has 1 aliphatic heterocycles. The maximum Gasteiger partial charge on any atom is 0.254 e. The number of benzene rings is 3. The van der Waals surface area contributed by atoms with Gasteiger partial charge in [0, 0.05) is 37.4 Å². The molecular weight excluding hydrogens is 427 g/mol. The van der Waals surface area contributed by atoms with Crippen LogP contribution in [0.25, 0.3) is 0 Å². The quantitative estimate of drug-likeness (QED) is 0.586. The lowest BCUT2D eigenvalue weighted by atomic mass is 10.1. The van der Waals surface area contributed by atoms with E-state index in [1.165, 1.54) is 30.3 Å². The maximum atomic E-state index is 13.3. The Hall–Kier alpha value is -3.19. The number of amides is 1. The standard InChI is InChI=1S/C25H25FN2O3S/c1-19-16-22(26)11-10-21(19)18-32(30,31)24-9-5-6-20(17-24)25(29)28-14-12-27(13-15-28)23-7-3-2-4-8-23/h2-11,16-17H,12-15,18H2,1H3. The number of halogens is 1. The number of hydrogen-bond acceptors (Lipinski definition) is 4. The van der Waals surface area contributed by atoms with Crippen LogP contribution < -0.4 is 4.90 Å². The highest BCUT2D eigenvalue weighted by atomic mass is 32.2. The van der Waals surface area contributed by atoms with Gasteiger partial charge in [0.05, 0.1) is 10.6 Å². The van der Waals surface area contributed by atoms with Gasteiger partial charge in [-0.25, -0.2) is 12.8 Å². The van der Waals surface area contributed by atoms with Crippen LogP contribution in [-0.4, -0.2) is 45.4 Å². The fourth-order valence-electron chi connectivity index (χ4n) is 3.92. The van der Waals surface area contributed by atoms with Crippen LogP contribution in [-0.2, 0) is 15.6 Å². The van der Waals surface area contributed by atoms with E-state index in [9.17, 15) is 17.6 Å². The molecule has 0 saturated carbocycles. The van der Waals surface area contributed by atoms with Crippen LogP contribution in [0.1, 0.15) is 21.5 Å². The first-order valence-corrected chi connectivity index (χ1v) is 12.2. The predicted octanol–water partition coefficient (Wildman–Crippen LogP) is 4.07. The summed E-state index contributed by atoms with van der Waals surface area (Å²) in [6, 6.07) is 20.3. The summed E-state index contributed by atoms with van der Waals surface area (Å²) in [6.07, 6.45) is 0. The van der Waals surface area contributed by atoms with Gasteiger partial charge in [-0.15, -0.1) is 0 Å². The minimum Gasteiger partial charge on any atom is -0.368 e. The second-order valence-electron chi connectivity index (χ2n) is 7.97. The van der Waals surface area contributed by atoms with E-state index < -0.39 is 15.7 Å². The number of para-hydroxylation sites is 1. The van der Waals surface area contributed by atoms with Crippen molar-refractivity contribution in [3.63, 3.8) is 0 Å². The number of hydrogen-bond donors (Lipinski definition) is 0. The molecule has 1 amide bonds. The third-order valence-corrected chi connectivity index (χ3v) is 7.44. The van der Waals surface area contributed by atoms with Gasteiger partial charge in [-0.2, -0.15) is 0 Å². The number of rotatable bonds is 5. The van der Waals surface area contributed by atoms with E-state index >= 15 is 0 Å². The molecule has 0 aromatic heterocycles. The summed E-state index contributed by atoms with van der Waals surface area (Å²) in [6.45, 7) is 4.26. The minimum atomic E-state index is -3.68. The number of carbonyl (C=O) groups is 1. The first kappa shape index (κ1) is 22.0. The molecule has 4 rings (SSSR count). The van der Waals surface area contributed by atoms with Crippen LogP contribution in [0.4, 0.5) is 10.1 Å². The molecule has 0 spiro atoms. The van der Waals surface area contributed by atoms with Gasteiger partial charge in [-0.05, 0) is 60.5 Å². The van der Waals surface area contributed by atoms with Crippen molar-refractivity contribution in [3.05, 3.63) is 95.3 Å². The average molecular weight is 453 g/mol. The highest BCUT2D eigenvalue weighted by Gasteiger charge is 2.24. The Morgan fingerprint density at radius 1 is 0.906 bits per heavy atom. The molecule has 1 saturated heterocycles. The van der Waals surface area contributed by atoms with Gasteiger partial charge in [0.2, 0.25) is 0 Å². The molecule has 1 fully saturated rings. The van der Waals surface area contributed by atoms with Gasteiger partial charge in [0.15, 0.2) is 9.84 Å². The molecule has 0 unspecified atom stereocenters. The largest absolute Gasteiger partial charge is 0.368 e. The van der Waals surface area contributed by atoms with Crippen LogP contribution in [0, 0.1) is 12.7 Å². The Morgan fingerprint density at radius 2 is 1.62 bits per heavy atom. The number of anilines is 1. The molecule has 5 nitrogen and oxygen atoms in total. The van der Waals surface area contributed by atoms with Crippen molar-refractivity contribution in [2.45, 2.75) is 17.6 Å². The first-order chi connectivity index (χ1) is 15.3. The van der Waals surface area contributed by atoms with Crippen molar-refractivity contribution in [1.29, 1.82) is 0 Å². The zero-order valence-electron chi connectivity index (χ0n) is 17.9. The molecule has 166 valence electrons. The summed E-state index contributed by atoms with van der Waals surface area (Å²) >= 11 is 0. The van der Waals surface area contributed by atoms with Crippen LogP contribution in [0.5, 0.6) is 0 Å². The smallest absolute Gasteiger partial charge is 0.254 e. The Labute approximate surface area is 188 Å². The molecule has 0 aliphatic carbocycles. The van der Waals surface area contributed by atoms with Gasteiger partial charge in [-0.1, -0.05) is 30.3 Å². The fourth-order valence-corrected chi connectivity index (χ4v) is 5.41. The molecule has 0 atom stereocenters. The summed E-state index contributed by atoms with van der Waals surface area (Å²) < 4.78 is 39.3. The van der Waals surface area contributed by atoms with E-state index in [4.69, 9.17) is 0 Å². The Morgan fingerprint density at radius 3 is 2.31 bits per heavy atom.